The third-order valence-electron chi connectivity index (χ3n) is 7.48. The van der Waals surface area contributed by atoms with Gasteiger partial charge < -0.3 is 15.1 Å². The van der Waals surface area contributed by atoms with Gasteiger partial charge in [-0.1, -0.05) is 54.1 Å². The molecule has 0 unspecified atom stereocenters. The van der Waals surface area contributed by atoms with Crippen molar-refractivity contribution in [2.75, 3.05) is 26.2 Å². The highest BCUT2D eigenvalue weighted by atomic mass is 35.5. The minimum atomic E-state index is -4.42. The van der Waals surface area contributed by atoms with Crippen molar-refractivity contribution in [3.8, 4) is 11.1 Å². The molecule has 1 atom stereocenters. The average Bonchev–Trinajstić information content (AvgIpc) is 3.54. The van der Waals surface area contributed by atoms with Crippen LogP contribution in [0.25, 0.3) is 21.2 Å². The summed E-state index contributed by atoms with van der Waals surface area (Å²) in [6.07, 6.45) is -3.56. The van der Waals surface area contributed by atoms with E-state index in [1.807, 2.05) is 35.2 Å². The first-order chi connectivity index (χ1) is 19.2. The van der Waals surface area contributed by atoms with Crippen LogP contribution in [0.3, 0.4) is 0 Å². The number of nitrogens with one attached hydrogen (secondary N) is 1. The molecule has 5 nitrogen and oxygen atoms in total. The third-order valence-corrected chi connectivity index (χ3v) is 9.13. The fourth-order valence-corrected chi connectivity index (χ4v) is 6.85. The molecule has 2 aliphatic rings. The Morgan fingerprint density at radius 3 is 2.33 bits per heavy atom. The van der Waals surface area contributed by atoms with Gasteiger partial charge in [0, 0.05) is 53.9 Å². The Bertz CT molecular complexity index is 1580. The van der Waals surface area contributed by atoms with E-state index in [-0.39, 0.29) is 23.9 Å². The predicted molar refractivity (Wildman–Crippen MR) is 151 cm³/mol. The van der Waals surface area contributed by atoms with Crippen molar-refractivity contribution in [3.05, 3.63) is 93.8 Å². The second-order valence-electron chi connectivity index (χ2n) is 10.2. The Labute approximate surface area is 238 Å². The van der Waals surface area contributed by atoms with Crippen LogP contribution in [0.15, 0.2) is 72.8 Å². The number of alkyl halides is 3. The van der Waals surface area contributed by atoms with E-state index in [0.29, 0.717) is 58.2 Å². The predicted octanol–water partition coefficient (Wildman–Crippen LogP) is 6.57. The van der Waals surface area contributed by atoms with Gasteiger partial charge in [-0.2, -0.15) is 13.2 Å². The van der Waals surface area contributed by atoms with Crippen LogP contribution in [0.4, 0.5) is 13.2 Å². The van der Waals surface area contributed by atoms with Crippen molar-refractivity contribution >= 4 is 44.8 Å². The smallest absolute Gasteiger partial charge is 0.337 e. The highest BCUT2D eigenvalue weighted by Gasteiger charge is 2.36. The van der Waals surface area contributed by atoms with Crippen molar-refractivity contribution in [3.63, 3.8) is 0 Å². The quantitative estimate of drug-likeness (QED) is 0.289. The van der Waals surface area contributed by atoms with Crippen LogP contribution in [-0.2, 0) is 6.18 Å². The number of fused-ring (bicyclic) bond motifs is 1. The summed E-state index contributed by atoms with van der Waals surface area (Å²) in [6, 6.07) is 20.0. The Hall–Kier alpha value is -3.40. The van der Waals surface area contributed by atoms with Crippen molar-refractivity contribution in [2.45, 2.75) is 24.7 Å². The summed E-state index contributed by atoms with van der Waals surface area (Å²) in [4.78, 5) is 30.0. The molecule has 3 aromatic carbocycles. The number of amides is 2. The lowest BCUT2D eigenvalue weighted by Crippen LogP contribution is -2.62. The Kier molecular flexibility index (Phi) is 7.06. The van der Waals surface area contributed by atoms with Crippen molar-refractivity contribution in [1.29, 1.82) is 0 Å². The Morgan fingerprint density at radius 2 is 1.57 bits per heavy atom. The number of hydrogen-bond donors (Lipinski definition) is 1. The van der Waals surface area contributed by atoms with Gasteiger partial charge in [0.25, 0.3) is 11.8 Å². The number of nitrogens with zero attached hydrogens (tertiary/aromatic N) is 2. The van der Waals surface area contributed by atoms with Crippen LogP contribution in [0.5, 0.6) is 0 Å². The van der Waals surface area contributed by atoms with E-state index < -0.39 is 11.7 Å². The molecule has 2 amide bonds. The molecule has 10 heteroatoms. The number of likely N-dealkylation sites (tertiary alicyclic amines) is 2. The summed E-state index contributed by atoms with van der Waals surface area (Å²) < 4.78 is 40.3. The number of hydrogen-bond acceptors (Lipinski definition) is 4. The number of benzene rings is 3. The average molecular weight is 584 g/mol. The minimum Gasteiger partial charge on any atom is -0.337 e. The van der Waals surface area contributed by atoms with Gasteiger partial charge in [-0.05, 0) is 47.9 Å². The van der Waals surface area contributed by atoms with Crippen LogP contribution >= 0.6 is 22.9 Å². The second kappa shape index (κ2) is 10.5. The number of carbonyl (C=O) groups excluding carboxylic acids is 2. The molecule has 40 heavy (non-hydrogen) atoms. The Morgan fingerprint density at radius 1 is 0.850 bits per heavy atom. The zero-order valence-corrected chi connectivity index (χ0v) is 22.8. The summed E-state index contributed by atoms with van der Waals surface area (Å²) in [5.41, 5.74) is 1.05. The maximum Gasteiger partial charge on any atom is 0.416 e. The van der Waals surface area contributed by atoms with Gasteiger partial charge >= 0.3 is 6.18 Å². The van der Waals surface area contributed by atoms with Crippen molar-refractivity contribution in [2.24, 2.45) is 0 Å². The number of thiophene rings is 1. The lowest BCUT2D eigenvalue weighted by atomic mass is 10.0. The van der Waals surface area contributed by atoms with Gasteiger partial charge in [-0.15, -0.1) is 11.3 Å². The number of halogens is 4. The lowest BCUT2D eigenvalue weighted by Gasteiger charge is -2.41. The summed E-state index contributed by atoms with van der Waals surface area (Å²) >= 11 is 7.85. The molecule has 1 aromatic heterocycles. The molecule has 0 saturated carbocycles. The highest BCUT2D eigenvalue weighted by Crippen LogP contribution is 2.39. The molecule has 2 saturated heterocycles. The molecule has 0 radical (unpaired) electrons. The van der Waals surface area contributed by atoms with Gasteiger partial charge in [0.1, 0.15) is 4.88 Å². The molecule has 6 rings (SSSR count). The van der Waals surface area contributed by atoms with Crippen LogP contribution in [-0.4, -0.2) is 59.9 Å². The van der Waals surface area contributed by atoms with Crippen LogP contribution in [0.1, 0.15) is 32.0 Å². The monoisotopic (exact) mass is 583 g/mol. The fraction of sp³-hybridized carbons (Fsp3) is 0.267. The Balaban J connectivity index is 1.08. The molecule has 3 heterocycles. The number of rotatable bonds is 5. The maximum absolute atomic E-state index is 13.3. The molecule has 0 bridgehead atoms. The van der Waals surface area contributed by atoms with E-state index in [2.05, 4.69) is 5.32 Å². The molecule has 1 N–H and O–H groups in total. The van der Waals surface area contributed by atoms with Gasteiger partial charge in [0.2, 0.25) is 0 Å². The normalized spacial score (nSPS) is 17.9. The summed E-state index contributed by atoms with van der Waals surface area (Å²) in [7, 11) is 0. The van der Waals surface area contributed by atoms with E-state index in [1.165, 1.54) is 17.4 Å². The number of carbonyl (C=O) groups is 2. The minimum absolute atomic E-state index is 0.0333. The zero-order valence-electron chi connectivity index (χ0n) is 21.2. The van der Waals surface area contributed by atoms with Crippen LogP contribution in [0.2, 0.25) is 5.02 Å². The second-order valence-corrected chi connectivity index (χ2v) is 11.6. The van der Waals surface area contributed by atoms with Crippen LogP contribution in [0, 0.1) is 0 Å². The van der Waals surface area contributed by atoms with Crippen LogP contribution < -0.4 is 5.32 Å². The fourth-order valence-electron chi connectivity index (χ4n) is 5.33. The molecular formula is C30H25ClF3N3O2S. The first-order valence-electron chi connectivity index (χ1n) is 13.0. The summed E-state index contributed by atoms with van der Waals surface area (Å²) in [5.74, 6) is -0.122. The van der Waals surface area contributed by atoms with E-state index in [9.17, 15) is 22.8 Å². The topological polar surface area (TPSA) is 52.7 Å². The summed E-state index contributed by atoms with van der Waals surface area (Å²) in [5, 5.41) is 4.64. The molecular weight excluding hydrogens is 559 g/mol. The van der Waals surface area contributed by atoms with E-state index in [4.69, 9.17) is 11.6 Å². The van der Waals surface area contributed by atoms with Gasteiger partial charge in [0.15, 0.2) is 0 Å². The van der Waals surface area contributed by atoms with E-state index in [1.54, 1.807) is 29.2 Å². The van der Waals surface area contributed by atoms with Gasteiger partial charge in [0.05, 0.1) is 10.6 Å². The van der Waals surface area contributed by atoms with E-state index >= 15 is 0 Å². The zero-order chi connectivity index (χ0) is 28.0. The molecule has 0 aliphatic carbocycles. The molecule has 4 aromatic rings. The first-order valence-corrected chi connectivity index (χ1v) is 14.2. The summed E-state index contributed by atoms with van der Waals surface area (Å²) in [6.45, 7) is 2.42. The molecule has 2 fully saturated rings. The van der Waals surface area contributed by atoms with Gasteiger partial charge in [-0.3, -0.25) is 9.59 Å². The molecule has 2 aliphatic heterocycles. The highest BCUT2D eigenvalue weighted by molar-refractivity contribution is 7.21. The first kappa shape index (κ1) is 26.8. The third kappa shape index (κ3) is 5.21. The molecule has 0 spiro atoms. The van der Waals surface area contributed by atoms with E-state index in [0.717, 1.165) is 23.3 Å². The SMILES string of the molecule is O=C(c1ccccc1)N1CC[C@H](NC2CN(C(=O)c3sc4cc(-c5cccc(C(F)(F)F)c5)ccc4c3Cl)C2)C1. The maximum atomic E-state index is 13.3. The standard InChI is InChI=1S/C30H25ClF3N3O2S/c31-26-24-10-9-20(19-7-4-8-21(13-19)30(32,33)34)14-25(24)40-27(26)29(39)37-16-23(17-37)35-22-11-12-36(15-22)28(38)18-5-2-1-3-6-18/h1-10,13-14,22-23,35H,11-12,15-17H2/t22-/m0/s1. The van der Waals surface area contributed by atoms with Gasteiger partial charge in [-0.25, -0.2) is 0 Å². The largest absolute Gasteiger partial charge is 0.416 e. The molecule has 206 valence electrons. The van der Waals surface area contributed by atoms with Crippen molar-refractivity contribution < 1.29 is 22.8 Å². The lowest BCUT2D eigenvalue weighted by molar-refractivity contribution is -0.137. The van der Waals surface area contributed by atoms with Crippen molar-refractivity contribution in [1.82, 2.24) is 15.1 Å².